The number of amides is 2. The Bertz CT molecular complexity index is 1100. The number of ether oxygens (including phenoxy) is 1. The van der Waals surface area contributed by atoms with Gasteiger partial charge in [0.2, 0.25) is 5.91 Å². The molecular formula is C28H32N2O5. The summed E-state index contributed by atoms with van der Waals surface area (Å²) in [6.07, 6.45) is 2.21. The van der Waals surface area contributed by atoms with E-state index in [1.54, 1.807) is 4.90 Å². The molecule has 1 aliphatic heterocycles. The van der Waals surface area contributed by atoms with Crippen LogP contribution in [0.15, 0.2) is 48.5 Å². The molecule has 1 saturated carbocycles. The number of nitrogens with one attached hydrogen (secondary N) is 1. The maximum Gasteiger partial charge on any atom is 0.407 e. The highest BCUT2D eigenvalue weighted by atomic mass is 16.5. The first-order valence-corrected chi connectivity index (χ1v) is 12.5. The fourth-order valence-electron chi connectivity index (χ4n) is 6.24. The maximum absolute atomic E-state index is 12.8. The Balaban J connectivity index is 1.10. The molecule has 0 spiro atoms. The standard InChI is InChI=1S/C28H32N2O5/c1-18(13-25(31)30-15-19-7-6-12-28(19,17-30)26(32)33)14-29-27(34)35-16-24-22-10-4-2-8-20(22)21-9-3-5-11-23(21)24/h2-5,8-11,18-19,24H,6-7,12-17H2,1H3,(H,29,34)(H,32,33)/t18?,19-,28-/m1/s1. The number of likely N-dealkylation sites (tertiary alicyclic amines) is 1. The largest absolute Gasteiger partial charge is 0.481 e. The second kappa shape index (κ2) is 9.36. The lowest BCUT2D eigenvalue weighted by molar-refractivity contribution is -0.149. The molecule has 3 aliphatic rings. The number of nitrogens with zero attached hydrogens (tertiary/aromatic N) is 1. The van der Waals surface area contributed by atoms with E-state index in [4.69, 9.17) is 4.74 Å². The Kier molecular flexibility index (Phi) is 6.26. The van der Waals surface area contributed by atoms with Gasteiger partial charge in [-0.1, -0.05) is 61.9 Å². The number of hydrogen-bond donors (Lipinski definition) is 2. The number of carbonyl (C=O) groups is 3. The number of alkyl carbamates (subject to hydrolysis) is 1. The van der Waals surface area contributed by atoms with Gasteiger partial charge in [-0.2, -0.15) is 0 Å². The molecule has 184 valence electrons. The number of hydrogen-bond acceptors (Lipinski definition) is 4. The van der Waals surface area contributed by atoms with Crippen LogP contribution in [0, 0.1) is 17.3 Å². The molecule has 1 unspecified atom stereocenters. The van der Waals surface area contributed by atoms with Crippen LogP contribution in [0.4, 0.5) is 4.79 Å². The van der Waals surface area contributed by atoms with Crippen LogP contribution in [0.5, 0.6) is 0 Å². The third-order valence-electron chi connectivity index (χ3n) is 8.11. The summed E-state index contributed by atoms with van der Waals surface area (Å²) in [5.41, 5.74) is 3.92. The maximum atomic E-state index is 12.8. The molecule has 0 aromatic heterocycles. The monoisotopic (exact) mass is 476 g/mol. The van der Waals surface area contributed by atoms with Crippen molar-refractivity contribution in [2.45, 2.75) is 38.5 Å². The van der Waals surface area contributed by atoms with Gasteiger partial charge >= 0.3 is 12.1 Å². The average molecular weight is 477 g/mol. The SMILES string of the molecule is CC(CNC(=O)OCC1c2ccccc2-c2ccccc21)CC(=O)N1C[C@H]2CCC[C@@]2(C(=O)O)C1. The lowest BCUT2D eigenvalue weighted by atomic mass is 9.81. The van der Waals surface area contributed by atoms with E-state index < -0.39 is 17.5 Å². The van der Waals surface area contributed by atoms with Crippen molar-refractivity contribution in [3.8, 4) is 11.1 Å². The lowest BCUT2D eigenvalue weighted by Crippen LogP contribution is -2.38. The molecule has 1 heterocycles. The van der Waals surface area contributed by atoms with Gasteiger partial charge in [0.05, 0.1) is 5.41 Å². The minimum Gasteiger partial charge on any atom is -0.481 e. The van der Waals surface area contributed by atoms with Crippen LogP contribution in [0.1, 0.15) is 49.7 Å². The normalized spacial score (nSPS) is 23.3. The van der Waals surface area contributed by atoms with E-state index in [1.165, 1.54) is 11.1 Å². The third-order valence-corrected chi connectivity index (χ3v) is 8.11. The average Bonchev–Trinajstić information content (AvgIpc) is 3.51. The van der Waals surface area contributed by atoms with Gasteiger partial charge in [0.15, 0.2) is 0 Å². The minimum absolute atomic E-state index is 0.00308. The molecule has 2 aromatic rings. The summed E-state index contributed by atoms with van der Waals surface area (Å²) >= 11 is 0. The minimum atomic E-state index is -0.778. The zero-order chi connectivity index (χ0) is 24.6. The number of benzene rings is 2. The molecular weight excluding hydrogens is 444 g/mol. The summed E-state index contributed by atoms with van der Waals surface area (Å²) in [4.78, 5) is 38.8. The van der Waals surface area contributed by atoms with Gasteiger partial charge in [-0.15, -0.1) is 0 Å². The van der Waals surface area contributed by atoms with Crippen molar-refractivity contribution >= 4 is 18.0 Å². The zero-order valence-electron chi connectivity index (χ0n) is 20.0. The highest BCUT2D eigenvalue weighted by molar-refractivity contribution is 5.82. The number of carbonyl (C=O) groups excluding carboxylic acids is 2. The van der Waals surface area contributed by atoms with Gasteiger partial charge in [0, 0.05) is 32.0 Å². The van der Waals surface area contributed by atoms with E-state index in [0.29, 0.717) is 26.1 Å². The Labute approximate surface area is 205 Å². The van der Waals surface area contributed by atoms with Crippen LogP contribution in [0.2, 0.25) is 0 Å². The number of aliphatic carboxylic acids is 1. The second-order valence-corrected chi connectivity index (χ2v) is 10.3. The second-order valence-electron chi connectivity index (χ2n) is 10.3. The van der Waals surface area contributed by atoms with Crippen molar-refractivity contribution in [1.82, 2.24) is 10.2 Å². The van der Waals surface area contributed by atoms with Crippen LogP contribution in [-0.4, -0.2) is 54.2 Å². The van der Waals surface area contributed by atoms with Crippen molar-refractivity contribution in [3.63, 3.8) is 0 Å². The topological polar surface area (TPSA) is 95.9 Å². The Morgan fingerprint density at radius 2 is 1.77 bits per heavy atom. The molecule has 35 heavy (non-hydrogen) atoms. The number of carboxylic acid groups (broad SMARTS) is 1. The fourth-order valence-corrected chi connectivity index (χ4v) is 6.24. The molecule has 0 radical (unpaired) electrons. The Morgan fingerprint density at radius 1 is 1.11 bits per heavy atom. The summed E-state index contributed by atoms with van der Waals surface area (Å²) in [7, 11) is 0. The first kappa shape index (κ1) is 23.4. The predicted molar refractivity (Wildman–Crippen MR) is 131 cm³/mol. The first-order chi connectivity index (χ1) is 16.9. The number of rotatable bonds is 7. The Hall–Kier alpha value is -3.35. The van der Waals surface area contributed by atoms with Crippen molar-refractivity contribution in [2.75, 3.05) is 26.2 Å². The van der Waals surface area contributed by atoms with Gasteiger partial charge < -0.3 is 20.1 Å². The van der Waals surface area contributed by atoms with Crippen LogP contribution in [0.3, 0.4) is 0 Å². The highest BCUT2D eigenvalue weighted by Gasteiger charge is 2.55. The van der Waals surface area contributed by atoms with Gasteiger partial charge in [0.25, 0.3) is 0 Å². The smallest absolute Gasteiger partial charge is 0.407 e. The van der Waals surface area contributed by atoms with Gasteiger partial charge in [-0.25, -0.2) is 4.79 Å². The van der Waals surface area contributed by atoms with Crippen LogP contribution in [0.25, 0.3) is 11.1 Å². The van der Waals surface area contributed by atoms with Crippen molar-refractivity contribution in [3.05, 3.63) is 59.7 Å². The van der Waals surface area contributed by atoms with Crippen molar-refractivity contribution < 1.29 is 24.2 Å². The molecule has 0 bridgehead atoms. The van der Waals surface area contributed by atoms with E-state index in [2.05, 4.69) is 29.6 Å². The molecule has 2 amide bonds. The molecule has 3 atom stereocenters. The van der Waals surface area contributed by atoms with E-state index in [9.17, 15) is 19.5 Å². The molecule has 2 fully saturated rings. The lowest BCUT2D eigenvalue weighted by Gasteiger charge is -2.24. The fraction of sp³-hybridized carbons (Fsp3) is 0.464. The molecule has 7 heteroatoms. The van der Waals surface area contributed by atoms with Crippen LogP contribution in [-0.2, 0) is 14.3 Å². The third kappa shape index (κ3) is 4.28. The molecule has 5 rings (SSSR count). The first-order valence-electron chi connectivity index (χ1n) is 12.5. The summed E-state index contributed by atoms with van der Waals surface area (Å²) in [5, 5.41) is 12.5. The van der Waals surface area contributed by atoms with Crippen LogP contribution >= 0.6 is 0 Å². The van der Waals surface area contributed by atoms with Crippen molar-refractivity contribution in [2.24, 2.45) is 17.3 Å². The molecule has 7 nitrogen and oxygen atoms in total. The summed E-state index contributed by atoms with van der Waals surface area (Å²) < 4.78 is 5.57. The van der Waals surface area contributed by atoms with Crippen LogP contribution < -0.4 is 5.32 Å². The number of carboxylic acids is 1. The Morgan fingerprint density at radius 3 is 2.40 bits per heavy atom. The van der Waals surface area contributed by atoms with Gasteiger partial charge in [-0.3, -0.25) is 9.59 Å². The summed E-state index contributed by atoms with van der Waals surface area (Å²) in [5.74, 6) is -0.840. The van der Waals surface area contributed by atoms with E-state index in [-0.39, 0.29) is 36.7 Å². The van der Waals surface area contributed by atoms with Gasteiger partial charge in [0.1, 0.15) is 6.61 Å². The predicted octanol–water partition coefficient (Wildman–Crippen LogP) is 4.26. The quantitative estimate of drug-likeness (QED) is 0.622. The molecule has 1 saturated heterocycles. The van der Waals surface area contributed by atoms with E-state index in [0.717, 1.165) is 24.0 Å². The van der Waals surface area contributed by atoms with E-state index in [1.807, 2.05) is 31.2 Å². The highest BCUT2D eigenvalue weighted by Crippen LogP contribution is 2.49. The zero-order valence-corrected chi connectivity index (χ0v) is 20.0. The molecule has 2 N–H and O–H groups in total. The number of fused-ring (bicyclic) bond motifs is 4. The van der Waals surface area contributed by atoms with Gasteiger partial charge in [-0.05, 0) is 46.9 Å². The summed E-state index contributed by atoms with van der Waals surface area (Å²) in [6.45, 7) is 3.31. The summed E-state index contributed by atoms with van der Waals surface area (Å²) in [6, 6.07) is 16.4. The van der Waals surface area contributed by atoms with E-state index >= 15 is 0 Å². The molecule has 2 aliphatic carbocycles. The van der Waals surface area contributed by atoms with Crippen molar-refractivity contribution in [1.29, 1.82) is 0 Å². The molecule has 2 aromatic carbocycles.